The van der Waals surface area contributed by atoms with Gasteiger partial charge in [0, 0.05) is 29.4 Å². The Labute approximate surface area is 188 Å². The van der Waals surface area contributed by atoms with Crippen LogP contribution in [0.4, 0.5) is 11.4 Å². The van der Waals surface area contributed by atoms with Crippen molar-refractivity contribution in [2.24, 2.45) is 0 Å². The zero-order valence-corrected chi connectivity index (χ0v) is 18.1. The van der Waals surface area contributed by atoms with Crippen molar-refractivity contribution in [1.29, 1.82) is 0 Å². The number of nitrogens with one attached hydrogen (secondary N) is 2. The maximum atomic E-state index is 12.9. The Hall–Kier alpha value is -3.16. The predicted molar refractivity (Wildman–Crippen MR) is 123 cm³/mol. The molecule has 3 aromatic rings. The number of benzene rings is 2. The summed E-state index contributed by atoms with van der Waals surface area (Å²) in [4.78, 5) is 40.4. The number of nitrogens with zero attached hydrogens (tertiary/aromatic N) is 1. The third-order valence-corrected chi connectivity index (χ3v) is 6.08. The van der Waals surface area contributed by atoms with Crippen LogP contribution >= 0.6 is 22.9 Å². The molecule has 0 unspecified atom stereocenters. The minimum Gasteiger partial charge on any atom is -0.339 e. The average molecular weight is 454 g/mol. The lowest BCUT2D eigenvalue weighted by Gasteiger charge is -2.18. The summed E-state index contributed by atoms with van der Waals surface area (Å²) in [6.45, 7) is 1.40. The highest BCUT2D eigenvalue weighted by molar-refractivity contribution is 7.12. The maximum Gasteiger partial charge on any atom is 0.265 e. The Kier molecular flexibility index (Phi) is 6.34. The summed E-state index contributed by atoms with van der Waals surface area (Å²) in [5, 5.41) is 7.86. The fourth-order valence-corrected chi connectivity index (χ4v) is 4.22. The molecule has 1 aliphatic rings. The number of halogens is 1. The molecule has 1 saturated heterocycles. The lowest BCUT2D eigenvalue weighted by Crippen LogP contribution is -2.29. The molecule has 2 heterocycles. The van der Waals surface area contributed by atoms with Gasteiger partial charge < -0.3 is 15.5 Å². The second-order valence-electron chi connectivity index (χ2n) is 7.16. The first-order valence-corrected chi connectivity index (χ1v) is 11.1. The van der Waals surface area contributed by atoms with E-state index in [9.17, 15) is 14.4 Å². The molecule has 1 aliphatic heterocycles. The molecule has 0 spiro atoms. The van der Waals surface area contributed by atoms with E-state index in [1.807, 2.05) is 5.38 Å². The second-order valence-corrected chi connectivity index (χ2v) is 8.54. The van der Waals surface area contributed by atoms with Crippen LogP contribution in [0.15, 0.2) is 60.0 Å². The van der Waals surface area contributed by atoms with Crippen molar-refractivity contribution in [3.63, 3.8) is 0 Å². The van der Waals surface area contributed by atoms with Crippen LogP contribution in [0.5, 0.6) is 0 Å². The lowest BCUT2D eigenvalue weighted by molar-refractivity contribution is 0.0793. The van der Waals surface area contributed by atoms with Gasteiger partial charge in [0.2, 0.25) is 0 Å². The smallest absolute Gasteiger partial charge is 0.265 e. The standard InChI is InChI=1S/C23H20ClN3O3S/c24-16-8-9-19(18(14-16)23(30)27-10-1-2-11-27)26-21(28)15-5-3-6-17(13-15)25-22(29)20-7-4-12-31-20/h3-9,12-14H,1-2,10-11H2,(H,25,29)(H,26,28). The molecule has 0 bridgehead atoms. The van der Waals surface area contributed by atoms with Gasteiger partial charge in [0.15, 0.2) is 0 Å². The molecule has 0 atom stereocenters. The lowest BCUT2D eigenvalue weighted by atomic mass is 10.1. The fourth-order valence-electron chi connectivity index (χ4n) is 3.43. The third-order valence-electron chi connectivity index (χ3n) is 4.98. The van der Waals surface area contributed by atoms with Crippen LogP contribution in [0.1, 0.15) is 43.2 Å². The summed E-state index contributed by atoms with van der Waals surface area (Å²) < 4.78 is 0. The SMILES string of the molecule is O=C(Nc1ccc(Cl)cc1C(=O)N1CCCC1)c1cccc(NC(=O)c2cccs2)c1. The predicted octanol–water partition coefficient (Wildman–Crippen LogP) is 5.14. The van der Waals surface area contributed by atoms with Gasteiger partial charge in [0.25, 0.3) is 17.7 Å². The van der Waals surface area contributed by atoms with Gasteiger partial charge in [-0.25, -0.2) is 0 Å². The average Bonchev–Trinajstić information content (AvgIpc) is 3.49. The van der Waals surface area contributed by atoms with Gasteiger partial charge in [0.05, 0.1) is 16.1 Å². The molecule has 0 radical (unpaired) electrons. The number of hydrogen-bond donors (Lipinski definition) is 2. The third kappa shape index (κ3) is 4.95. The van der Waals surface area contributed by atoms with Crippen molar-refractivity contribution in [2.45, 2.75) is 12.8 Å². The highest BCUT2D eigenvalue weighted by Crippen LogP contribution is 2.25. The summed E-state index contributed by atoms with van der Waals surface area (Å²) in [7, 11) is 0. The maximum absolute atomic E-state index is 12.9. The fraction of sp³-hybridized carbons (Fsp3) is 0.174. The Morgan fingerprint density at radius 2 is 1.71 bits per heavy atom. The number of thiophene rings is 1. The number of anilines is 2. The van der Waals surface area contributed by atoms with Crippen molar-refractivity contribution < 1.29 is 14.4 Å². The Balaban J connectivity index is 1.52. The zero-order chi connectivity index (χ0) is 21.8. The number of carbonyl (C=O) groups excluding carboxylic acids is 3. The summed E-state index contributed by atoms with van der Waals surface area (Å²) in [5.41, 5.74) is 1.64. The molecule has 8 heteroatoms. The monoisotopic (exact) mass is 453 g/mol. The van der Waals surface area contributed by atoms with Gasteiger partial charge in [-0.05, 0) is 60.7 Å². The minimum absolute atomic E-state index is 0.146. The number of rotatable bonds is 5. The van der Waals surface area contributed by atoms with Crippen LogP contribution in [-0.2, 0) is 0 Å². The number of amides is 3. The van der Waals surface area contributed by atoms with E-state index >= 15 is 0 Å². The minimum atomic E-state index is -0.384. The largest absolute Gasteiger partial charge is 0.339 e. The highest BCUT2D eigenvalue weighted by atomic mass is 35.5. The van der Waals surface area contributed by atoms with Gasteiger partial charge in [-0.15, -0.1) is 11.3 Å². The van der Waals surface area contributed by atoms with E-state index in [0.717, 1.165) is 12.8 Å². The van der Waals surface area contributed by atoms with Crippen LogP contribution in [0, 0.1) is 0 Å². The van der Waals surface area contributed by atoms with Gasteiger partial charge in [-0.1, -0.05) is 23.7 Å². The molecule has 31 heavy (non-hydrogen) atoms. The summed E-state index contributed by atoms with van der Waals surface area (Å²) in [5.74, 6) is -0.763. The number of likely N-dealkylation sites (tertiary alicyclic amines) is 1. The molecule has 4 rings (SSSR count). The molecule has 1 fully saturated rings. The highest BCUT2D eigenvalue weighted by Gasteiger charge is 2.23. The number of hydrogen-bond acceptors (Lipinski definition) is 4. The second kappa shape index (κ2) is 9.32. The zero-order valence-electron chi connectivity index (χ0n) is 16.6. The summed E-state index contributed by atoms with van der Waals surface area (Å²) in [6.07, 6.45) is 1.94. The van der Waals surface area contributed by atoms with Gasteiger partial charge in [0.1, 0.15) is 0 Å². The molecule has 2 aromatic carbocycles. The Bertz CT molecular complexity index is 1120. The normalized spacial score (nSPS) is 13.1. The van der Waals surface area contributed by atoms with E-state index in [-0.39, 0.29) is 17.7 Å². The quantitative estimate of drug-likeness (QED) is 0.561. The van der Waals surface area contributed by atoms with Crippen LogP contribution in [0.3, 0.4) is 0 Å². The Morgan fingerprint density at radius 1 is 0.903 bits per heavy atom. The van der Waals surface area contributed by atoms with Gasteiger partial charge in [-0.2, -0.15) is 0 Å². The number of carbonyl (C=O) groups is 3. The van der Waals surface area contributed by atoms with Crippen molar-refractivity contribution in [3.05, 3.63) is 81.0 Å². The van der Waals surface area contributed by atoms with Crippen molar-refractivity contribution in [1.82, 2.24) is 4.90 Å². The first-order valence-electron chi connectivity index (χ1n) is 9.86. The Morgan fingerprint density at radius 3 is 2.45 bits per heavy atom. The van der Waals surface area contributed by atoms with E-state index in [0.29, 0.717) is 45.5 Å². The van der Waals surface area contributed by atoms with E-state index in [1.54, 1.807) is 59.5 Å². The topological polar surface area (TPSA) is 78.5 Å². The van der Waals surface area contributed by atoms with Crippen molar-refractivity contribution >= 4 is 52.0 Å². The van der Waals surface area contributed by atoms with Crippen molar-refractivity contribution in [3.8, 4) is 0 Å². The molecule has 2 N–H and O–H groups in total. The molecule has 3 amide bonds. The van der Waals surface area contributed by atoms with Crippen molar-refractivity contribution in [2.75, 3.05) is 23.7 Å². The van der Waals surface area contributed by atoms with Crippen LogP contribution in [0.25, 0.3) is 0 Å². The van der Waals surface area contributed by atoms with Crippen LogP contribution in [-0.4, -0.2) is 35.7 Å². The van der Waals surface area contributed by atoms with Crippen LogP contribution in [0.2, 0.25) is 5.02 Å². The van der Waals surface area contributed by atoms with Gasteiger partial charge >= 0.3 is 0 Å². The van der Waals surface area contributed by atoms with Gasteiger partial charge in [-0.3, -0.25) is 14.4 Å². The molecule has 1 aromatic heterocycles. The molecule has 6 nitrogen and oxygen atoms in total. The summed E-state index contributed by atoms with van der Waals surface area (Å²) >= 11 is 7.45. The van der Waals surface area contributed by atoms with E-state index in [2.05, 4.69) is 10.6 Å². The van der Waals surface area contributed by atoms with E-state index in [4.69, 9.17) is 11.6 Å². The molecule has 0 saturated carbocycles. The molecule has 0 aliphatic carbocycles. The summed E-state index contributed by atoms with van der Waals surface area (Å²) in [6, 6.07) is 15.0. The molecular formula is C23H20ClN3O3S. The van der Waals surface area contributed by atoms with Crippen LogP contribution < -0.4 is 10.6 Å². The van der Waals surface area contributed by atoms with E-state index in [1.165, 1.54) is 11.3 Å². The first-order chi connectivity index (χ1) is 15.0. The first kappa shape index (κ1) is 21.1. The molecular weight excluding hydrogens is 434 g/mol. The molecule has 158 valence electrons. The van der Waals surface area contributed by atoms with E-state index < -0.39 is 0 Å².